The van der Waals surface area contributed by atoms with E-state index < -0.39 is 0 Å². The first-order valence-corrected chi connectivity index (χ1v) is 7.14. The van der Waals surface area contributed by atoms with Gasteiger partial charge in [0, 0.05) is 24.2 Å². The van der Waals surface area contributed by atoms with Gasteiger partial charge in [-0.25, -0.2) is 4.98 Å². The van der Waals surface area contributed by atoms with Crippen molar-refractivity contribution >= 4 is 23.2 Å². The lowest BCUT2D eigenvalue weighted by Gasteiger charge is -2.38. The second-order valence-corrected chi connectivity index (χ2v) is 5.72. The lowest BCUT2D eigenvalue weighted by Crippen LogP contribution is -2.48. The molecule has 2 N–H and O–H groups in total. The van der Waals surface area contributed by atoms with Gasteiger partial charge in [0.25, 0.3) is 0 Å². The van der Waals surface area contributed by atoms with E-state index in [2.05, 4.69) is 16.8 Å². The Morgan fingerprint density at radius 3 is 2.89 bits per heavy atom. The van der Waals surface area contributed by atoms with Crippen molar-refractivity contribution in [3.05, 3.63) is 28.0 Å². The Labute approximate surface area is 118 Å². The molecule has 1 fully saturated rings. The minimum absolute atomic E-state index is 0.185. The smallest absolute Gasteiger partial charge is 0.135 e. The summed E-state index contributed by atoms with van der Waals surface area (Å²) in [5.74, 6) is 0. The summed E-state index contributed by atoms with van der Waals surface area (Å²) in [5, 5.41) is 0.933. The predicted molar refractivity (Wildman–Crippen MR) is 76.0 cm³/mol. The van der Waals surface area contributed by atoms with Gasteiger partial charge in [0.1, 0.15) is 10.3 Å². The molecule has 1 aromatic rings. The van der Waals surface area contributed by atoms with Gasteiger partial charge in [-0.1, -0.05) is 35.7 Å². The van der Waals surface area contributed by atoms with Gasteiger partial charge < -0.3 is 5.73 Å². The molecule has 1 saturated heterocycles. The van der Waals surface area contributed by atoms with Crippen LogP contribution in [0.4, 0.5) is 0 Å². The SMILES string of the molecule is CC(N)C1CCCCN1Cc1ccc(Cl)nc1Cl. The first kappa shape index (κ1) is 14.1. The maximum absolute atomic E-state index is 6.12. The van der Waals surface area contributed by atoms with Gasteiger partial charge in [0.15, 0.2) is 0 Å². The highest BCUT2D eigenvalue weighted by Gasteiger charge is 2.25. The fourth-order valence-electron chi connectivity index (χ4n) is 2.59. The molecule has 2 atom stereocenters. The summed E-state index contributed by atoms with van der Waals surface area (Å²) in [4.78, 5) is 6.49. The number of pyridine rings is 1. The molecule has 100 valence electrons. The number of nitrogens with two attached hydrogens (primary N) is 1. The number of halogens is 2. The zero-order chi connectivity index (χ0) is 13.1. The third-order valence-electron chi connectivity index (χ3n) is 3.54. The molecule has 2 heterocycles. The van der Waals surface area contributed by atoms with E-state index in [4.69, 9.17) is 28.9 Å². The lowest BCUT2D eigenvalue weighted by molar-refractivity contribution is 0.123. The van der Waals surface area contributed by atoms with Crippen molar-refractivity contribution in [2.75, 3.05) is 6.54 Å². The molecule has 2 unspecified atom stereocenters. The molecule has 18 heavy (non-hydrogen) atoms. The van der Waals surface area contributed by atoms with Crippen LogP contribution in [0.15, 0.2) is 12.1 Å². The van der Waals surface area contributed by atoms with Crippen LogP contribution in [0.1, 0.15) is 31.7 Å². The molecule has 1 aromatic heterocycles. The van der Waals surface area contributed by atoms with E-state index in [9.17, 15) is 0 Å². The Bertz CT molecular complexity index is 409. The average molecular weight is 288 g/mol. The average Bonchev–Trinajstić information content (AvgIpc) is 2.33. The molecule has 5 heteroatoms. The third kappa shape index (κ3) is 3.35. The van der Waals surface area contributed by atoms with Crippen LogP contribution < -0.4 is 5.73 Å². The summed E-state index contributed by atoms with van der Waals surface area (Å²) in [6.45, 7) is 3.95. The maximum Gasteiger partial charge on any atom is 0.135 e. The minimum atomic E-state index is 0.185. The van der Waals surface area contributed by atoms with Crippen LogP contribution in [0.2, 0.25) is 10.3 Å². The maximum atomic E-state index is 6.12. The number of nitrogens with zero attached hydrogens (tertiary/aromatic N) is 2. The zero-order valence-electron chi connectivity index (χ0n) is 10.6. The Morgan fingerprint density at radius 1 is 1.44 bits per heavy atom. The lowest BCUT2D eigenvalue weighted by atomic mass is 9.96. The van der Waals surface area contributed by atoms with Gasteiger partial charge in [0.05, 0.1) is 0 Å². The number of hydrogen-bond donors (Lipinski definition) is 1. The van der Waals surface area contributed by atoms with Crippen LogP contribution in [0.3, 0.4) is 0 Å². The van der Waals surface area contributed by atoms with Crippen LogP contribution >= 0.6 is 23.2 Å². The Hall–Kier alpha value is -0.350. The summed E-state index contributed by atoms with van der Waals surface area (Å²) >= 11 is 11.9. The molecule has 1 aliphatic heterocycles. The Balaban J connectivity index is 2.11. The monoisotopic (exact) mass is 287 g/mol. The van der Waals surface area contributed by atoms with E-state index in [1.165, 1.54) is 12.8 Å². The van der Waals surface area contributed by atoms with Crippen molar-refractivity contribution < 1.29 is 0 Å². The largest absolute Gasteiger partial charge is 0.327 e. The summed E-state index contributed by atoms with van der Waals surface area (Å²) in [5.41, 5.74) is 7.08. The van der Waals surface area contributed by atoms with E-state index >= 15 is 0 Å². The highest BCUT2D eigenvalue weighted by molar-refractivity contribution is 6.32. The summed E-state index contributed by atoms with van der Waals surface area (Å²) in [7, 11) is 0. The number of hydrogen-bond acceptors (Lipinski definition) is 3. The van der Waals surface area contributed by atoms with Gasteiger partial charge in [-0.05, 0) is 32.4 Å². The van der Waals surface area contributed by atoms with Crippen LogP contribution in [-0.2, 0) is 6.54 Å². The molecule has 0 spiro atoms. The second-order valence-electron chi connectivity index (χ2n) is 4.98. The molecule has 3 nitrogen and oxygen atoms in total. The third-order valence-corrected chi connectivity index (χ3v) is 4.07. The predicted octanol–water partition coefficient (Wildman–Crippen LogP) is 3.09. The van der Waals surface area contributed by atoms with Crippen molar-refractivity contribution in [1.82, 2.24) is 9.88 Å². The van der Waals surface area contributed by atoms with Gasteiger partial charge >= 0.3 is 0 Å². The molecular formula is C13H19Cl2N3. The minimum Gasteiger partial charge on any atom is -0.327 e. The zero-order valence-corrected chi connectivity index (χ0v) is 12.1. The first-order chi connectivity index (χ1) is 8.58. The number of rotatable bonds is 3. The van der Waals surface area contributed by atoms with Crippen molar-refractivity contribution in [3.63, 3.8) is 0 Å². The number of likely N-dealkylation sites (tertiary alicyclic amines) is 1. The first-order valence-electron chi connectivity index (χ1n) is 6.38. The molecular weight excluding hydrogens is 269 g/mol. The quantitative estimate of drug-likeness (QED) is 0.869. The Morgan fingerprint density at radius 2 is 2.22 bits per heavy atom. The van der Waals surface area contributed by atoms with E-state index in [0.717, 1.165) is 25.1 Å². The summed E-state index contributed by atoms with van der Waals surface area (Å²) < 4.78 is 0. The number of piperidine rings is 1. The molecule has 2 rings (SSSR count). The van der Waals surface area contributed by atoms with E-state index in [-0.39, 0.29) is 6.04 Å². The van der Waals surface area contributed by atoms with Gasteiger partial charge in [-0.2, -0.15) is 0 Å². The van der Waals surface area contributed by atoms with Crippen molar-refractivity contribution in [2.45, 2.75) is 44.8 Å². The van der Waals surface area contributed by atoms with E-state index in [1.807, 2.05) is 6.07 Å². The van der Waals surface area contributed by atoms with Gasteiger partial charge in [0.2, 0.25) is 0 Å². The van der Waals surface area contributed by atoms with Crippen LogP contribution in [0.5, 0.6) is 0 Å². The highest BCUT2D eigenvalue weighted by Crippen LogP contribution is 2.24. The van der Waals surface area contributed by atoms with E-state index in [1.54, 1.807) is 6.07 Å². The number of aromatic nitrogens is 1. The van der Waals surface area contributed by atoms with Crippen molar-refractivity contribution in [2.24, 2.45) is 5.73 Å². The standard InChI is InChI=1S/C13H19Cl2N3/c1-9(16)11-4-2-3-7-18(11)8-10-5-6-12(14)17-13(10)15/h5-6,9,11H,2-4,7-8,16H2,1H3. The molecule has 0 amide bonds. The molecule has 1 aliphatic rings. The van der Waals surface area contributed by atoms with Crippen molar-refractivity contribution in [1.29, 1.82) is 0 Å². The molecule has 0 aliphatic carbocycles. The summed E-state index contributed by atoms with van der Waals surface area (Å²) in [6, 6.07) is 4.35. The van der Waals surface area contributed by atoms with Crippen molar-refractivity contribution in [3.8, 4) is 0 Å². The molecule has 0 saturated carbocycles. The summed E-state index contributed by atoms with van der Waals surface area (Å²) in [6.07, 6.45) is 3.65. The molecule has 0 radical (unpaired) electrons. The second kappa shape index (κ2) is 6.20. The van der Waals surface area contributed by atoms with Gasteiger partial charge in [-0.15, -0.1) is 0 Å². The fraction of sp³-hybridized carbons (Fsp3) is 0.615. The highest BCUT2D eigenvalue weighted by atomic mass is 35.5. The fourth-order valence-corrected chi connectivity index (χ4v) is 2.99. The topological polar surface area (TPSA) is 42.1 Å². The Kier molecular flexibility index (Phi) is 4.84. The molecule has 0 bridgehead atoms. The van der Waals surface area contributed by atoms with Crippen LogP contribution in [-0.4, -0.2) is 28.5 Å². The van der Waals surface area contributed by atoms with E-state index in [0.29, 0.717) is 16.3 Å². The normalized spacial score (nSPS) is 23.0. The van der Waals surface area contributed by atoms with Crippen LogP contribution in [0.25, 0.3) is 0 Å². The molecule has 0 aromatic carbocycles. The van der Waals surface area contributed by atoms with Gasteiger partial charge in [-0.3, -0.25) is 4.90 Å². The van der Waals surface area contributed by atoms with Crippen LogP contribution in [0, 0.1) is 0 Å².